The summed E-state index contributed by atoms with van der Waals surface area (Å²) in [6.07, 6.45) is 1.24. The highest BCUT2D eigenvalue weighted by Crippen LogP contribution is 2.13. The minimum absolute atomic E-state index is 0. The third-order valence-electron chi connectivity index (χ3n) is 4.39. The fourth-order valence-corrected chi connectivity index (χ4v) is 2.98. The number of rotatable bonds is 7. The van der Waals surface area contributed by atoms with Gasteiger partial charge in [0.25, 0.3) is 0 Å². The zero-order valence-corrected chi connectivity index (χ0v) is 14.8. The predicted molar refractivity (Wildman–Crippen MR) is 97.7 cm³/mol. The highest BCUT2D eigenvalue weighted by atomic mass is 35.5. The predicted octanol–water partition coefficient (Wildman–Crippen LogP) is 1.36. The number of nitrogens with one attached hydrogen (secondary N) is 2. The first kappa shape index (κ1) is 18.5. The second kappa shape index (κ2) is 8.35. The van der Waals surface area contributed by atoms with Gasteiger partial charge < -0.3 is 10.6 Å². The van der Waals surface area contributed by atoms with E-state index in [1.54, 1.807) is 9.13 Å². The van der Waals surface area contributed by atoms with Gasteiger partial charge in [0.15, 0.2) is 0 Å². The van der Waals surface area contributed by atoms with Crippen molar-refractivity contribution in [3.05, 3.63) is 34.7 Å². The molecule has 1 saturated heterocycles. The number of carbonyl (C=O) groups excluding carboxylic acids is 1. The highest BCUT2D eigenvalue weighted by Gasteiger charge is 2.17. The lowest BCUT2D eigenvalue weighted by molar-refractivity contribution is -0.121. The average molecular weight is 353 g/mol. The largest absolute Gasteiger partial charge is 0.356 e. The van der Waals surface area contributed by atoms with Crippen LogP contribution in [0.3, 0.4) is 0 Å². The Kier molecular flexibility index (Phi) is 6.45. The third kappa shape index (κ3) is 3.82. The van der Waals surface area contributed by atoms with Crippen molar-refractivity contribution >= 4 is 29.3 Å². The maximum Gasteiger partial charge on any atom is 0.329 e. The van der Waals surface area contributed by atoms with Gasteiger partial charge in [-0.3, -0.25) is 13.9 Å². The van der Waals surface area contributed by atoms with Crippen LogP contribution in [0.4, 0.5) is 0 Å². The fraction of sp³-hybridized carbons (Fsp3) is 0.529. The zero-order chi connectivity index (χ0) is 16.2. The van der Waals surface area contributed by atoms with Gasteiger partial charge in [-0.05, 0) is 18.6 Å². The molecule has 0 spiro atoms. The lowest BCUT2D eigenvalue weighted by Gasteiger charge is -2.27. The standard InChI is InChI=1S/C17H24N4O2.ClH/c1-2-8-20-14-5-3-4-6-15(14)21(17(20)23)9-7-16(22)19-12-13-10-18-11-13;/h3-6,13,18H,2,7-12H2,1H3,(H,19,22);1H. The van der Waals surface area contributed by atoms with Gasteiger partial charge in [-0.15, -0.1) is 12.4 Å². The summed E-state index contributed by atoms with van der Waals surface area (Å²) in [6.45, 7) is 5.85. The number of imidazole rings is 1. The summed E-state index contributed by atoms with van der Waals surface area (Å²) < 4.78 is 3.52. The molecule has 0 aliphatic carbocycles. The second-order valence-corrected chi connectivity index (χ2v) is 6.15. The Morgan fingerprint density at radius 3 is 2.38 bits per heavy atom. The first-order valence-corrected chi connectivity index (χ1v) is 8.36. The maximum absolute atomic E-state index is 12.6. The summed E-state index contributed by atoms with van der Waals surface area (Å²) in [5.74, 6) is 0.560. The van der Waals surface area contributed by atoms with Crippen LogP contribution in [-0.4, -0.2) is 34.7 Å². The fourth-order valence-electron chi connectivity index (χ4n) is 2.98. The lowest BCUT2D eigenvalue weighted by Crippen LogP contribution is -2.48. The molecule has 6 nitrogen and oxygen atoms in total. The molecule has 24 heavy (non-hydrogen) atoms. The van der Waals surface area contributed by atoms with E-state index >= 15 is 0 Å². The summed E-state index contributed by atoms with van der Waals surface area (Å²) >= 11 is 0. The number of nitrogens with zero attached hydrogens (tertiary/aromatic N) is 2. The van der Waals surface area contributed by atoms with Gasteiger partial charge in [0, 0.05) is 45.1 Å². The van der Waals surface area contributed by atoms with Crippen molar-refractivity contribution in [2.45, 2.75) is 32.9 Å². The van der Waals surface area contributed by atoms with Crippen LogP contribution >= 0.6 is 12.4 Å². The molecule has 1 fully saturated rings. The van der Waals surface area contributed by atoms with Gasteiger partial charge in [-0.1, -0.05) is 19.1 Å². The van der Waals surface area contributed by atoms with E-state index in [4.69, 9.17) is 0 Å². The number of halogens is 1. The summed E-state index contributed by atoms with van der Waals surface area (Å²) in [5, 5.41) is 6.14. The molecule has 2 heterocycles. The van der Waals surface area contributed by atoms with Crippen LogP contribution in [0.15, 0.2) is 29.1 Å². The molecule has 132 valence electrons. The molecule has 2 aromatic rings. The topological polar surface area (TPSA) is 68.1 Å². The smallest absolute Gasteiger partial charge is 0.329 e. The SMILES string of the molecule is CCCn1c(=O)n(CCC(=O)NCC2CNC2)c2ccccc21.Cl. The van der Waals surface area contributed by atoms with Crippen molar-refractivity contribution in [1.29, 1.82) is 0 Å². The van der Waals surface area contributed by atoms with Crippen LogP contribution in [0.5, 0.6) is 0 Å². The molecule has 1 aromatic heterocycles. The molecule has 1 aromatic carbocycles. The Morgan fingerprint density at radius 2 is 1.83 bits per heavy atom. The van der Waals surface area contributed by atoms with Gasteiger partial charge in [0.2, 0.25) is 5.91 Å². The summed E-state index contributed by atoms with van der Waals surface area (Å²) in [6, 6.07) is 7.78. The molecule has 0 bridgehead atoms. The summed E-state index contributed by atoms with van der Waals surface area (Å²) in [4.78, 5) is 24.6. The van der Waals surface area contributed by atoms with Gasteiger partial charge in [0.05, 0.1) is 11.0 Å². The second-order valence-electron chi connectivity index (χ2n) is 6.15. The Labute approximate surface area is 147 Å². The van der Waals surface area contributed by atoms with E-state index in [9.17, 15) is 9.59 Å². The minimum Gasteiger partial charge on any atom is -0.356 e. The van der Waals surface area contributed by atoms with Crippen molar-refractivity contribution in [1.82, 2.24) is 19.8 Å². The molecule has 3 rings (SSSR count). The zero-order valence-electron chi connectivity index (χ0n) is 14.0. The highest BCUT2D eigenvalue weighted by molar-refractivity contribution is 5.85. The van der Waals surface area contributed by atoms with E-state index in [1.807, 2.05) is 24.3 Å². The van der Waals surface area contributed by atoms with Crippen molar-refractivity contribution < 1.29 is 4.79 Å². The Balaban J connectivity index is 0.00000208. The van der Waals surface area contributed by atoms with E-state index in [0.29, 0.717) is 25.4 Å². The molecule has 0 radical (unpaired) electrons. The lowest BCUT2D eigenvalue weighted by atomic mass is 10.0. The molecule has 1 aliphatic heterocycles. The normalized spacial score (nSPS) is 14.2. The Hall–Kier alpha value is -1.79. The number of amides is 1. The van der Waals surface area contributed by atoms with Crippen molar-refractivity contribution in [3.8, 4) is 0 Å². The molecule has 1 amide bonds. The number of aromatic nitrogens is 2. The van der Waals surface area contributed by atoms with Crippen LogP contribution in [0, 0.1) is 5.92 Å². The van der Waals surface area contributed by atoms with Crippen molar-refractivity contribution in [2.24, 2.45) is 5.92 Å². The van der Waals surface area contributed by atoms with Crippen LogP contribution in [-0.2, 0) is 17.9 Å². The molecular formula is C17H25ClN4O2. The monoisotopic (exact) mass is 352 g/mol. The first-order chi connectivity index (χ1) is 11.2. The van der Waals surface area contributed by atoms with Gasteiger partial charge in [0.1, 0.15) is 0 Å². The quantitative estimate of drug-likeness (QED) is 0.790. The van der Waals surface area contributed by atoms with Crippen molar-refractivity contribution in [3.63, 3.8) is 0 Å². The van der Waals surface area contributed by atoms with E-state index < -0.39 is 0 Å². The number of fused-ring (bicyclic) bond motifs is 1. The molecule has 2 N–H and O–H groups in total. The summed E-state index contributed by atoms with van der Waals surface area (Å²) in [5.41, 5.74) is 1.83. The molecule has 0 atom stereocenters. The number of hydrogen-bond donors (Lipinski definition) is 2. The number of aryl methyl sites for hydroxylation is 2. The first-order valence-electron chi connectivity index (χ1n) is 8.36. The summed E-state index contributed by atoms with van der Waals surface area (Å²) in [7, 11) is 0. The van der Waals surface area contributed by atoms with Crippen LogP contribution in [0.1, 0.15) is 19.8 Å². The molecule has 0 unspecified atom stereocenters. The van der Waals surface area contributed by atoms with Crippen LogP contribution in [0.2, 0.25) is 0 Å². The number of hydrogen-bond acceptors (Lipinski definition) is 3. The molecule has 7 heteroatoms. The number of carbonyl (C=O) groups is 1. The van der Waals surface area contributed by atoms with Crippen LogP contribution in [0.25, 0.3) is 11.0 Å². The molecule has 1 aliphatic rings. The van der Waals surface area contributed by atoms with Crippen molar-refractivity contribution in [2.75, 3.05) is 19.6 Å². The maximum atomic E-state index is 12.6. The van der Waals surface area contributed by atoms with Gasteiger partial charge >= 0.3 is 5.69 Å². The van der Waals surface area contributed by atoms with E-state index in [2.05, 4.69) is 17.6 Å². The Bertz CT molecular complexity index is 749. The Morgan fingerprint density at radius 1 is 1.21 bits per heavy atom. The minimum atomic E-state index is -0.0240. The average Bonchev–Trinajstić information content (AvgIpc) is 2.77. The molecule has 0 saturated carbocycles. The van der Waals surface area contributed by atoms with E-state index in [-0.39, 0.29) is 24.0 Å². The number of benzene rings is 1. The molecular weight excluding hydrogens is 328 g/mol. The van der Waals surface area contributed by atoms with Gasteiger partial charge in [-0.25, -0.2) is 4.79 Å². The number of para-hydroxylation sites is 2. The van der Waals surface area contributed by atoms with E-state index in [1.165, 1.54) is 0 Å². The third-order valence-corrected chi connectivity index (χ3v) is 4.39. The van der Waals surface area contributed by atoms with E-state index in [0.717, 1.165) is 37.1 Å². The van der Waals surface area contributed by atoms with Crippen LogP contribution < -0.4 is 16.3 Å². The van der Waals surface area contributed by atoms with Gasteiger partial charge in [-0.2, -0.15) is 0 Å².